The standard InChI is InChI=1S/C15H18F2N2O2.ClH/c16-15(17)21-13-4-2-1-3-12(13)14(20)19-11-7-9-5-6-10(8-11)18-9;/h1-4,9-11,15,18H,5-8H2,(H,19,20);1H. The van der Waals surface area contributed by atoms with Crippen molar-refractivity contribution in [3.8, 4) is 5.75 Å². The number of halogens is 3. The van der Waals surface area contributed by atoms with E-state index in [0.717, 1.165) is 25.7 Å². The molecule has 1 amide bonds. The third kappa shape index (κ3) is 3.87. The Morgan fingerprint density at radius 3 is 2.50 bits per heavy atom. The molecule has 2 saturated heterocycles. The van der Waals surface area contributed by atoms with Crippen molar-refractivity contribution in [3.63, 3.8) is 0 Å². The highest BCUT2D eigenvalue weighted by molar-refractivity contribution is 5.97. The second kappa shape index (κ2) is 7.24. The van der Waals surface area contributed by atoms with Gasteiger partial charge < -0.3 is 15.4 Å². The molecule has 2 unspecified atom stereocenters. The molecule has 0 spiro atoms. The summed E-state index contributed by atoms with van der Waals surface area (Å²) in [5, 5.41) is 6.44. The van der Waals surface area contributed by atoms with Gasteiger partial charge in [-0.2, -0.15) is 8.78 Å². The lowest BCUT2D eigenvalue weighted by Gasteiger charge is -2.29. The summed E-state index contributed by atoms with van der Waals surface area (Å²) in [6, 6.07) is 7.10. The summed E-state index contributed by atoms with van der Waals surface area (Å²) < 4.78 is 29.1. The van der Waals surface area contributed by atoms with Crippen molar-refractivity contribution in [2.45, 2.75) is 50.4 Å². The molecule has 2 aliphatic rings. The third-order valence-corrected chi connectivity index (χ3v) is 4.16. The van der Waals surface area contributed by atoms with Crippen LogP contribution in [-0.4, -0.2) is 30.6 Å². The van der Waals surface area contributed by atoms with E-state index >= 15 is 0 Å². The molecule has 2 heterocycles. The van der Waals surface area contributed by atoms with Gasteiger partial charge in [0, 0.05) is 18.1 Å². The van der Waals surface area contributed by atoms with Crippen LogP contribution in [0.4, 0.5) is 8.78 Å². The highest BCUT2D eigenvalue weighted by atomic mass is 35.5. The van der Waals surface area contributed by atoms with Crippen LogP contribution in [0.25, 0.3) is 0 Å². The first-order valence-electron chi connectivity index (χ1n) is 7.22. The van der Waals surface area contributed by atoms with Crippen molar-refractivity contribution >= 4 is 18.3 Å². The maximum absolute atomic E-state index is 12.4. The number of alkyl halides is 2. The smallest absolute Gasteiger partial charge is 0.387 e. The number of para-hydroxylation sites is 1. The van der Waals surface area contributed by atoms with Crippen LogP contribution in [0.5, 0.6) is 5.75 Å². The molecule has 2 bridgehead atoms. The van der Waals surface area contributed by atoms with Gasteiger partial charge in [-0.3, -0.25) is 4.79 Å². The van der Waals surface area contributed by atoms with Gasteiger partial charge in [-0.1, -0.05) is 12.1 Å². The number of nitrogens with one attached hydrogen (secondary N) is 2. The zero-order valence-electron chi connectivity index (χ0n) is 11.9. The Hall–Kier alpha value is -1.40. The summed E-state index contributed by atoms with van der Waals surface area (Å²) in [7, 11) is 0. The SMILES string of the molecule is Cl.O=C(NC1CC2CCC(C1)N2)c1ccccc1OC(F)F. The van der Waals surface area contributed by atoms with E-state index in [2.05, 4.69) is 15.4 Å². The minimum absolute atomic E-state index is 0. The summed E-state index contributed by atoms with van der Waals surface area (Å²) in [4.78, 5) is 12.3. The van der Waals surface area contributed by atoms with Crippen molar-refractivity contribution in [2.24, 2.45) is 0 Å². The monoisotopic (exact) mass is 332 g/mol. The Morgan fingerprint density at radius 1 is 1.23 bits per heavy atom. The van der Waals surface area contributed by atoms with Gasteiger partial charge >= 0.3 is 6.61 Å². The number of hydrogen-bond acceptors (Lipinski definition) is 3. The first-order valence-corrected chi connectivity index (χ1v) is 7.22. The lowest BCUT2D eigenvalue weighted by atomic mass is 9.99. The van der Waals surface area contributed by atoms with Crippen molar-refractivity contribution in [3.05, 3.63) is 29.8 Å². The van der Waals surface area contributed by atoms with E-state index in [4.69, 9.17) is 0 Å². The van der Waals surface area contributed by atoms with Crippen LogP contribution in [0.2, 0.25) is 0 Å². The molecular formula is C15H19ClF2N2O2. The van der Waals surface area contributed by atoms with Gasteiger partial charge in [-0.15, -0.1) is 12.4 Å². The van der Waals surface area contributed by atoms with Crippen LogP contribution >= 0.6 is 12.4 Å². The van der Waals surface area contributed by atoms with E-state index in [1.54, 1.807) is 12.1 Å². The van der Waals surface area contributed by atoms with Crippen LogP contribution in [-0.2, 0) is 0 Å². The first kappa shape index (κ1) is 17.0. The molecule has 2 N–H and O–H groups in total. The zero-order chi connectivity index (χ0) is 14.8. The van der Waals surface area contributed by atoms with Gasteiger partial charge in [-0.25, -0.2) is 0 Å². The fourth-order valence-electron chi connectivity index (χ4n) is 3.29. The molecule has 2 fully saturated rings. The molecule has 22 heavy (non-hydrogen) atoms. The molecule has 4 nitrogen and oxygen atoms in total. The fourth-order valence-corrected chi connectivity index (χ4v) is 3.29. The molecule has 2 aliphatic heterocycles. The Balaban J connectivity index is 0.00000176. The molecule has 0 aromatic heterocycles. The van der Waals surface area contributed by atoms with Crippen molar-refractivity contribution in [2.75, 3.05) is 0 Å². The highest BCUT2D eigenvalue weighted by Gasteiger charge is 2.34. The molecule has 0 aliphatic carbocycles. The third-order valence-electron chi connectivity index (χ3n) is 4.16. The Bertz CT molecular complexity index is 518. The first-order chi connectivity index (χ1) is 10.1. The second-order valence-electron chi connectivity index (χ2n) is 5.65. The summed E-state index contributed by atoms with van der Waals surface area (Å²) in [5.74, 6) is -0.431. The number of amides is 1. The van der Waals surface area contributed by atoms with Gasteiger partial charge in [0.1, 0.15) is 5.75 Å². The second-order valence-corrected chi connectivity index (χ2v) is 5.65. The van der Waals surface area contributed by atoms with Gasteiger partial charge in [-0.05, 0) is 37.8 Å². The summed E-state index contributed by atoms with van der Waals surface area (Å²) in [5.41, 5.74) is 0.156. The van der Waals surface area contributed by atoms with Gasteiger partial charge in [0.05, 0.1) is 5.56 Å². The molecule has 7 heteroatoms. The number of rotatable bonds is 4. The van der Waals surface area contributed by atoms with Gasteiger partial charge in [0.15, 0.2) is 0 Å². The van der Waals surface area contributed by atoms with Crippen LogP contribution in [0.1, 0.15) is 36.0 Å². The summed E-state index contributed by atoms with van der Waals surface area (Å²) in [6.07, 6.45) is 4.06. The lowest BCUT2D eigenvalue weighted by Crippen LogP contribution is -2.48. The Kier molecular flexibility index (Phi) is 5.58. The molecule has 1 aromatic carbocycles. The maximum Gasteiger partial charge on any atom is 0.387 e. The van der Waals surface area contributed by atoms with Gasteiger partial charge in [0.2, 0.25) is 0 Å². The number of carbonyl (C=O) groups is 1. The van der Waals surface area contributed by atoms with Crippen molar-refractivity contribution < 1.29 is 18.3 Å². The fraction of sp³-hybridized carbons (Fsp3) is 0.533. The van der Waals surface area contributed by atoms with Crippen molar-refractivity contribution in [1.82, 2.24) is 10.6 Å². The highest BCUT2D eigenvalue weighted by Crippen LogP contribution is 2.27. The predicted molar refractivity (Wildman–Crippen MR) is 80.8 cm³/mol. The molecule has 0 radical (unpaired) electrons. The van der Waals surface area contributed by atoms with Gasteiger partial charge in [0.25, 0.3) is 5.91 Å². The number of carbonyl (C=O) groups excluding carboxylic acids is 1. The average molecular weight is 333 g/mol. The summed E-state index contributed by atoms with van der Waals surface area (Å²) >= 11 is 0. The van der Waals surface area contributed by atoms with E-state index in [1.165, 1.54) is 12.1 Å². The normalized spacial score (nSPS) is 26.4. The molecule has 1 aromatic rings. The van der Waals surface area contributed by atoms with Crippen LogP contribution in [0.3, 0.4) is 0 Å². The topological polar surface area (TPSA) is 50.4 Å². The van der Waals surface area contributed by atoms with E-state index < -0.39 is 6.61 Å². The minimum atomic E-state index is -2.94. The van der Waals surface area contributed by atoms with E-state index in [0.29, 0.717) is 12.1 Å². The van der Waals surface area contributed by atoms with Crippen LogP contribution in [0, 0.1) is 0 Å². The lowest BCUT2D eigenvalue weighted by molar-refractivity contribution is -0.0501. The molecule has 122 valence electrons. The average Bonchev–Trinajstić information content (AvgIpc) is 2.78. The van der Waals surface area contributed by atoms with E-state index in [9.17, 15) is 13.6 Å². The van der Waals surface area contributed by atoms with Crippen LogP contribution in [0.15, 0.2) is 24.3 Å². The predicted octanol–water partition coefficient (Wildman–Crippen LogP) is 2.72. The molecule has 2 atom stereocenters. The molecule has 0 saturated carbocycles. The largest absolute Gasteiger partial charge is 0.434 e. The molecular weight excluding hydrogens is 314 g/mol. The number of benzene rings is 1. The molecule has 3 rings (SSSR count). The Labute approximate surface area is 134 Å². The number of piperidine rings is 1. The number of fused-ring (bicyclic) bond motifs is 2. The van der Waals surface area contributed by atoms with Crippen LogP contribution < -0.4 is 15.4 Å². The van der Waals surface area contributed by atoms with Crippen molar-refractivity contribution in [1.29, 1.82) is 0 Å². The number of hydrogen-bond donors (Lipinski definition) is 2. The quantitative estimate of drug-likeness (QED) is 0.891. The zero-order valence-corrected chi connectivity index (χ0v) is 12.7. The number of ether oxygens (including phenoxy) is 1. The van der Waals surface area contributed by atoms with E-state index in [-0.39, 0.29) is 35.7 Å². The minimum Gasteiger partial charge on any atom is -0.434 e. The maximum atomic E-state index is 12.4. The Morgan fingerprint density at radius 2 is 1.86 bits per heavy atom. The summed E-state index contributed by atoms with van der Waals surface area (Å²) in [6.45, 7) is -2.94. The van der Waals surface area contributed by atoms with E-state index in [1.807, 2.05) is 0 Å².